The number of aromatic nitrogens is 3. The second-order valence-electron chi connectivity index (χ2n) is 10.2. The first-order chi connectivity index (χ1) is 19.5. The fraction of sp³-hybridized carbons (Fsp3) is 0.483. The van der Waals surface area contributed by atoms with E-state index >= 15 is 0 Å². The summed E-state index contributed by atoms with van der Waals surface area (Å²) in [5, 5.41) is 14.3. The van der Waals surface area contributed by atoms with Crippen molar-refractivity contribution in [2.75, 3.05) is 46.8 Å². The molecule has 1 atom stereocenters. The summed E-state index contributed by atoms with van der Waals surface area (Å²) >= 11 is 12.1. The molecule has 0 saturated carbocycles. The van der Waals surface area contributed by atoms with Crippen molar-refractivity contribution in [2.24, 2.45) is 0 Å². The molecule has 12 heteroatoms. The lowest BCUT2D eigenvalue weighted by atomic mass is 9.87. The van der Waals surface area contributed by atoms with Crippen molar-refractivity contribution in [3.8, 4) is 11.4 Å². The Hall–Kier alpha value is -2.73. The van der Waals surface area contributed by atoms with Crippen LogP contribution in [-0.2, 0) is 30.9 Å². The second-order valence-corrected chi connectivity index (χ2v) is 11.0. The van der Waals surface area contributed by atoms with Crippen molar-refractivity contribution < 1.29 is 28.8 Å². The van der Waals surface area contributed by atoms with Crippen LogP contribution in [0, 0.1) is 0 Å². The van der Waals surface area contributed by atoms with E-state index in [1.165, 1.54) is 40.7 Å². The summed E-state index contributed by atoms with van der Waals surface area (Å²) in [5.41, 5.74) is 2.52. The molecule has 0 aliphatic heterocycles. The van der Waals surface area contributed by atoms with Gasteiger partial charge in [-0.25, -0.2) is 9.67 Å². The lowest BCUT2D eigenvalue weighted by Gasteiger charge is -2.30. The van der Waals surface area contributed by atoms with Gasteiger partial charge >= 0.3 is 0 Å². The fourth-order valence-corrected chi connectivity index (χ4v) is 4.34. The van der Waals surface area contributed by atoms with E-state index in [2.05, 4.69) is 43.0 Å². The number of hydrogen-bond acceptors (Lipinski definition) is 8. The monoisotopic (exact) mass is 608 g/mol. The second kappa shape index (κ2) is 15.5. The van der Waals surface area contributed by atoms with Crippen LogP contribution in [0.5, 0.6) is 5.75 Å². The van der Waals surface area contributed by atoms with Gasteiger partial charge in [0.25, 0.3) is 5.91 Å². The molecule has 1 amide bonds. The molecule has 0 fully saturated rings. The van der Waals surface area contributed by atoms with Crippen molar-refractivity contribution in [1.82, 2.24) is 19.7 Å². The molecule has 0 spiro atoms. The Morgan fingerprint density at radius 3 is 2.22 bits per heavy atom. The molecule has 3 rings (SSSR count). The quantitative estimate of drug-likeness (QED) is 0.184. The summed E-state index contributed by atoms with van der Waals surface area (Å²) in [4.78, 5) is 19.5. The zero-order valence-electron chi connectivity index (χ0n) is 24.1. The van der Waals surface area contributed by atoms with E-state index in [9.17, 15) is 9.90 Å². The average molecular weight is 610 g/mol. The summed E-state index contributed by atoms with van der Waals surface area (Å²) in [6.45, 7) is 11.1. The van der Waals surface area contributed by atoms with Crippen LogP contribution in [0.3, 0.4) is 0 Å². The first-order valence-electron chi connectivity index (χ1n) is 13.3. The van der Waals surface area contributed by atoms with E-state index in [-0.39, 0.29) is 40.2 Å². The Balaban J connectivity index is 1.79. The number of aromatic hydroxyl groups is 1. The molecule has 1 unspecified atom stereocenters. The van der Waals surface area contributed by atoms with E-state index in [0.717, 1.165) is 5.56 Å². The Labute approximate surface area is 251 Å². The molecule has 0 bridgehead atoms. The Morgan fingerprint density at radius 1 is 1.02 bits per heavy atom. The van der Waals surface area contributed by atoms with Crippen LogP contribution in [-0.4, -0.2) is 83.7 Å². The van der Waals surface area contributed by atoms with Gasteiger partial charge in [-0.1, -0.05) is 68.2 Å². The molecule has 0 saturated heterocycles. The van der Waals surface area contributed by atoms with Gasteiger partial charge in [-0.3, -0.25) is 4.79 Å². The zero-order valence-corrected chi connectivity index (χ0v) is 25.6. The van der Waals surface area contributed by atoms with Gasteiger partial charge in [0.15, 0.2) is 12.0 Å². The number of methoxy groups -OCH3 is 1. The molecule has 1 heterocycles. The predicted molar refractivity (Wildman–Crippen MR) is 157 cm³/mol. The molecule has 2 aromatic carbocycles. The smallest absolute Gasteiger partial charge is 0.295 e. The predicted octanol–water partition coefficient (Wildman–Crippen LogP) is 5.26. The molecule has 1 aromatic heterocycles. The van der Waals surface area contributed by atoms with Crippen LogP contribution in [0.4, 0.5) is 0 Å². The highest BCUT2D eigenvalue weighted by molar-refractivity contribution is 6.37. The largest absolute Gasteiger partial charge is 0.505 e. The number of ether oxygens (including phenoxy) is 4. The number of nitrogens with zero attached hydrogens (tertiary/aromatic N) is 4. The lowest BCUT2D eigenvalue weighted by Crippen LogP contribution is -2.44. The first kappa shape index (κ1) is 32.8. The van der Waals surface area contributed by atoms with Crippen LogP contribution < -0.4 is 0 Å². The minimum absolute atomic E-state index is 0.00154. The standard InChI is InChI=1S/C29H38Cl2N4O6/c1-6-39-11-12-40-13-14-41-18-25(38-5)34(17-20-7-9-21(10-8-20)29(2,3)4)28(37)27-32-19-35(33-27)22-15-23(30)26(36)24(31)16-22/h7-10,15-16,19,25,36H,6,11-14,17-18H2,1-5H3. The van der Waals surface area contributed by atoms with Gasteiger partial charge in [0.2, 0.25) is 5.82 Å². The van der Waals surface area contributed by atoms with Gasteiger partial charge in [-0.15, -0.1) is 5.10 Å². The van der Waals surface area contributed by atoms with Crippen molar-refractivity contribution >= 4 is 29.1 Å². The molecule has 0 aliphatic rings. The number of amides is 1. The summed E-state index contributed by atoms with van der Waals surface area (Å²) in [7, 11) is 1.52. The first-order valence-corrected chi connectivity index (χ1v) is 14.1. The number of halogens is 2. The van der Waals surface area contributed by atoms with Crippen LogP contribution >= 0.6 is 23.2 Å². The van der Waals surface area contributed by atoms with E-state index in [1.807, 2.05) is 19.1 Å². The van der Waals surface area contributed by atoms with E-state index in [4.69, 9.17) is 42.1 Å². The summed E-state index contributed by atoms with van der Waals surface area (Å²) in [6.07, 6.45) is 0.651. The number of rotatable bonds is 15. The SMILES string of the molecule is CCOCCOCCOCC(OC)N(Cc1ccc(C(C)(C)C)cc1)C(=O)c1ncn(-c2cc(Cl)c(O)c(Cl)c2)n1. The van der Waals surface area contributed by atoms with Crippen LogP contribution in [0.15, 0.2) is 42.7 Å². The topological polar surface area (TPSA) is 108 Å². The average Bonchev–Trinajstić information content (AvgIpc) is 3.44. The molecule has 0 radical (unpaired) electrons. The fourth-order valence-electron chi connectivity index (χ4n) is 3.86. The maximum absolute atomic E-state index is 13.8. The van der Waals surface area contributed by atoms with Gasteiger partial charge < -0.3 is 29.0 Å². The van der Waals surface area contributed by atoms with Gasteiger partial charge in [0.1, 0.15) is 6.33 Å². The maximum atomic E-state index is 13.8. The number of carbonyl (C=O) groups excluding carboxylic acids is 1. The number of hydrogen-bond donors (Lipinski definition) is 1. The summed E-state index contributed by atoms with van der Waals surface area (Å²) < 4.78 is 23.6. The summed E-state index contributed by atoms with van der Waals surface area (Å²) in [5.74, 6) is -0.749. The van der Waals surface area contributed by atoms with E-state index in [1.54, 1.807) is 0 Å². The highest BCUT2D eigenvalue weighted by atomic mass is 35.5. The van der Waals surface area contributed by atoms with Gasteiger partial charge in [-0.05, 0) is 35.6 Å². The van der Waals surface area contributed by atoms with Gasteiger partial charge in [0, 0.05) is 20.3 Å². The molecule has 224 valence electrons. The normalized spacial score (nSPS) is 12.5. The van der Waals surface area contributed by atoms with Crippen molar-refractivity contribution in [3.63, 3.8) is 0 Å². The van der Waals surface area contributed by atoms with Gasteiger partial charge in [-0.2, -0.15) is 0 Å². The third-order valence-corrected chi connectivity index (χ3v) is 6.79. The van der Waals surface area contributed by atoms with E-state index in [0.29, 0.717) is 38.7 Å². The van der Waals surface area contributed by atoms with Gasteiger partial charge in [0.05, 0.1) is 48.8 Å². The zero-order chi connectivity index (χ0) is 30.0. The number of phenols is 1. The minimum atomic E-state index is -0.724. The van der Waals surface area contributed by atoms with Crippen molar-refractivity contribution in [3.05, 3.63) is 69.7 Å². The number of carbonyl (C=O) groups is 1. The van der Waals surface area contributed by atoms with Crippen molar-refractivity contribution in [2.45, 2.75) is 45.9 Å². The maximum Gasteiger partial charge on any atom is 0.295 e. The Bertz CT molecular complexity index is 1240. The number of benzene rings is 2. The van der Waals surface area contributed by atoms with E-state index < -0.39 is 12.1 Å². The van der Waals surface area contributed by atoms with Crippen LogP contribution in [0.25, 0.3) is 5.69 Å². The van der Waals surface area contributed by atoms with Crippen molar-refractivity contribution in [1.29, 1.82) is 0 Å². The summed E-state index contributed by atoms with van der Waals surface area (Å²) in [6, 6.07) is 11.0. The van der Waals surface area contributed by atoms with Crippen LogP contribution in [0.2, 0.25) is 10.0 Å². The molecule has 41 heavy (non-hydrogen) atoms. The Kier molecular flexibility index (Phi) is 12.4. The third kappa shape index (κ3) is 9.39. The molecule has 3 aromatic rings. The van der Waals surface area contributed by atoms with Crippen LogP contribution in [0.1, 0.15) is 49.4 Å². The molecular weight excluding hydrogens is 571 g/mol. The minimum Gasteiger partial charge on any atom is -0.505 e. The Morgan fingerprint density at radius 2 is 1.63 bits per heavy atom. The molecule has 0 aliphatic carbocycles. The molecule has 10 nitrogen and oxygen atoms in total. The highest BCUT2D eigenvalue weighted by Crippen LogP contribution is 2.33. The molecular formula is C29H38Cl2N4O6. The highest BCUT2D eigenvalue weighted by Gasteiger charge is 2.28. The lowest BCUT2D eigenvalue weighted by molar-refractivity contribution is -0.0801. The molecule has 1 N–H and O–H groups in total. The number of phenolic OH excluding ortho intramolecular Hbond substituents is 1. The third-order valence-electron chi connectivity index (χ3n) is 6.21.